The van der Waals surface area contributed by atoms with E-state index in [0.717, 1.165) is 31.4 Å². The maximum Gasteiger partial charge on any atom is 0.261 e. The van der Waals surface area contributed by atoms with E-state index in [2.05, 4.69) is 15.6 Å². The number of ether oxygens (including phenoxy) is 1. The molecule has 0 saturated carbocycles. The maximum absolute atomic E-state index is 12.6. The monoisotopic (exact) mass is 379 g/mol. The Morgan fingerprint density at radius 3 is 2.68 bits per heavy atom. The smallest absolute Gasteiger partial charge is 0.261 e. The number of halogens is 1. The van der Waals surface area contributed by atoms with Crippen LogP contribution >= 0.6 is 22.9 Å². The number of benzene rings is 1. The number of hydrogen-bond acceptors (Lipinski definition) is 5. The molecule has 1 aliphatic carbocycles. The summed E-state index contributed by atoms with van der Waals surface area (Å²) in [6.07, 6.45) is 4.28. The zero-order valence-corrected chi connectivity index (χ0v) is 15.5. The maximum atomic E-state index is 12.6. The Morgan fingerprint density at radius 2 is 2.00 bits per heavy atom. The van der Waals surface area contributed by atoms with Crippen LogP contribution in [0.3, 0.4) is 0 Å². The lowest BCUT2D eigenvalue weighted by atomic mass is 10.0. The van der Waals surface area contributed by atoms with Gasteiger partial charge in [0.2, 0.25) is 5.91 Å². The second kappa shape index (κ2) is 7.41. The van der Waals surface area contributed by atoms with Gasteiger partial charge in [0, 0.05) is 17.9 Å². The van der Waals surface area contributed by atoms with Crippen molar-refractivity contribution in [2.24, 2.45) is 0 Å². The number of nitrogens with one attached hydrogen (secondary N) is 2. The van der Waals surface area contributed by atoms with E-state index >= 15 is 0 Å². The normalized spacial score (nSPS) is 13.1. The summed E-state index contributed by atoms with van der Waals surface area (Å²) in [7, 11) is 1.46. The summed E-state index contributed by atoms with van der Waals surface area (Å²) in [5.74, 6) is -0.277. The molecule has 1 aromatic carbocycles. The number of thiazole rings is 1. The number of nitrogens with zero attached hydrogens (tertiary/aromatic N) is 1. The van der Waals surface area contributed by atoms with Gasteiger partial charge in [-0.25, -0.2) is 4.98 Å². The molecule has 1 aromatic heterocycles. The van der Waals surface area contributed by atoms with Crippen LogP contribution in [0.1, 0.15) is 40.7 Å². The van der Waals surface area contributed by atoms with Gasteiger partial charge >= 0.3 is 0 Å². The molecule has 0 saturated heterocycles. The average molecular weight is 380 g/mol. The van der Waals surface area contributed by atoms with Crippen molar-refractivity contribution in [1.29, 1.82) is 0 Å². The first-order valence-corrected chi connectivity index (χ1v) is 9.12. The summed E-state index contributed by atoms with van der Waals surface area (Å²) < 4.78 is 5.27. The Morgan fingerprint density at radius 1 is 1.24 bits per heavy atom. The number of rotatable bonds is 4. The molecular weight excluding hydrogens is 362 g/mol. The number of hydrogen-bond donors (Lipinski definition) is 2. The van der Waals surface area contributed by atoms with Crippen LogP contribution in [0.15, 0.2) is 12.1 Å². The minimum Gasteiger partial charge on any atom is -0.496 e. The second-order valence-corrected chi connectivity index (χ2v) is 7.25. The van der Waals surface area contributed by atoms with E-state index in [4.69, 9.17) is 16.3 Å². The van der Waals surface area contributed by atoms with Crippen LogP contribution in [-0.4, -0.2) is 23.9 Å². The third-order valence-electron chi connectivity index (χ3n) is 3.91. The van der Waals surface area contributed by atoms with Crippen molar-refractivity contribution in [3.05, 3.63) is 33.3 Å². The van der Waals surface area contributed by atoms with E-state index in [1.54, 1.807) is 0 Å². The Kier molecular flexibility index (Phi) is 5.24. The Hall–Kier alpha value is -2.12. The molecule has 0 spiro atoms. The molecule has 132 valence electrons. The lowest BCUT2D eigenvalue weighted by Crippen LogP contribution is -2.14. The first-order valence-electron chi connectivity index (χ1n) is 7.93. The van der Waals surface area contributed by atoms with E-state index in [0.29, 0.717) is 16.6 Å². The molecule has 0 fully saturated rings. The number of aryl methyl sites for hydroxylation is 2. The van der Waals surface area contributed by atoms with Gasteiger partial charge in [0.25, 0.3) is 5.91 Å². The fourth-order valence-corrected chi connectivity index (χ4v) is 4.01. The predicted molar refractivity (Wildman–Crippen MR) is 99.0 cm³/mol. The van der Waals surface area contributed by atoms with Crippen molar-refractivity contribution in [1.82, 2.24) is 4.98 Å². The summed E-state index contributed by atoms with van der Waals surface area (Å²) in [4.78, 5) is 29.6. The molecule has 0 unspecified atom stereocenters. The number of carbonyl (C=O) groups excluding carboxylic acids is 2. The van der Waals surface area contributed by atoms with Crippen molar-refractivity contribution < 1.29 is 14.3 Å². The predicted octanol–water partition coefficient (Wildman–Crippen LogP) is 3.89. The van der Waals surface area contributed by atoms with Crippen molar-refractivity contribution in [3.63, 3.8) is 0 Å². The van der Waals surface area contributed by atoms with Gasteiger partial charge in [0.1, 0.15) is 5.75 Å². The summed E-state index contributed by atoms with van der Waals surface area (Å²) in [5, 5.41) is 6.27. The highest BCUT2D eigenvalue weighted by Gasteiger charge is 2.20. The lowest BCUT2D eigenvalue weighted by molar-refractivity contribution is -0.114. The molecule has 2 amide bonds. The average Bonchev–Trinajstić information content (AvgIpc) is 2.98. The summed E-state index contributed by atoms with van der Waals surface area (Å²) in [5.41, 5.74) is 1.76. The topological polar surface area (TPSA) is 80.3 Å². The fraction of sp³-hybridized carbons (Fsp3) is 0.353. The number of fused-ring (bicyclic) bond motifs is 1. The van der Waals surface area contributed by atoms with Crippen molar-refractivity contribution >= 4 is 45.6 Å². The highest BCUT2D eigenvalue weighted by Crippen LogP contribution is 2.33. The molecule has 25 heavy (non-hydrogen) atoms. The van der Waals surface area contributed by atoms with Gasteiger partial charge in [0.05, 0.1) is 29.1 Å². The van der Waals surface area contributed by atoms with E-state index in [1.807, 2.05) is 0 Å². The van der Waals surface area contributed by atoms with Crippen LogP contribution < -0.4 is 15.4 Å². The summed E-state index contributed by atoms with van der Waals surface area (Å²) >= 11 is 7.68. The number of methoxy groups -OCH3 is 1. The third kappa shape index (κ3) is 3.93. The van der Waals surface area contributed by atoms with Crippen LogP contribution in [0.25, 0.3) is 0 Å². The Labute approximate surface area is 154 Å². The van der Waals surface area contributed by atoms with Crippen molar-refractivity contribution in [3.8, 4) is 5.75 Å². The second-order valence-electron chi connectivity index (χ2n) is 5.76. The summed E-state index contributed by atoms with van der Waals surface area (Å²) in [6, 6.07) is 3.01. The lowest BCUT2D eigenvalue weighted by Gasteiger charge is -2.12. The minimum absolute atomic E-state index is 0.255. The SMILES string of the molecule is COc1cc(NC(C)=O)c(Cl)cc1C(=O)Nc1nc2c(s1)CCCC2. The number of aromatic nitrogens is 1. The quantitative estimate of drug-likeness (QED) is 0.844. The molecule has 0 atom stereocenters. The van der Waals surface area contributed by atoms with Gasteiger partial charge in [0.15, 0.2) is 5.13 Å². The molecule has 2 N–H and O–H groups in total. The van der Waals surface area contributed by atoms with Gasteiger partial charge in [-0.05, 0) is 31.7 Å². The van der Waals surface area contributed by atoms with Gasteiger partial charge < -0.3 is 10.1 Å². The molecular formula is C17H18ClN3O3S. The van der Waals surface area contributed by atoms with Gasteiger partial charge in [-0.2, -0.15) is 0 Å². The summed E-state index contributed by atoms with van der Waals surface area (Å²) in [6.45, 7) is 1.38. The molecule has 2 aromatic rings. The number of amides is 2. The van der Waals surface area contributed by atoms with E-state index in [9.17, 15) is 9.59 Å². The number of carbonyl (C=O) groups is 2. The van der Waals surface area contributed by atoms with Gasteiger partial charge in [-0.15, -0.1) is 11.3 Å². The van der Waals surface area contributed by atoms with E-state index in [1.165, 1.54) is 42.4 Å². The van der Waals surface area contributed by atoms with Gasteiger partial charge in [-0.1, -0.05) is 11.6 Å². The molecule has 8 heteroatoms. The zero-order valence-electron chi connectivity index (χ0n) is 13.9. The first kappa shape index (κ1) is 17.7. The molecule has 1 heterocycles. The number of anilines is 2. The van der Waals surface area contributed by atoms with Crippen LogP contribution in [0.4, 0.5) is 10.8 Å². The molecule has 0 radical (unpaired) electrons. The van der Waals surface area contributed by atoms with Crippen molar-refractivity contribution in [2.45, 2.75) is 32.6 Å². The zero-order chi connectivity index (χ0) is 18.0. The molecule has 3 rings (SSSR count). The molecule has 6 nitrogen and oxygen atoms in total. The largest absolute Gasteiger partial charge is 0.496 e. The van der Waals surface area contributed by atoms with Crippen LogP contribution in [0.5, 0.6) is 5.75 Å². The van der Waals surface area contributed by atoms with Crippen LogP contribution in [0, 0.1) is 0 Å². The molecule has 1 aliphatic rings. The van der Waals surface area contributed by atoms with E-state index < -0.39 is 0 Å². The molecule has 0 bridgehead atoms. The molecule has 0 aliphatic heterocycles. The van der Waals surface area contributed by atoms with Crippen LogP contribution in [-0.2, 0) is 17.6 Å². The van der Waals surface area contributed by atoms with Crippen LogP contribution in [0.2, 0.25) is 5.02 Å². The van der Waals surface area contributed by atoms with E-state index in [-0.39, 0.29) is 22.4 Å². The first-order chi connectivity index (χ1) is 12.0. The Bertz CT molecular complexity index is 811. The fourth-order valence-electron chi connectivity index (χ4n) is 2.76. The standard InChI is InChI=1S/C17H18ClN3O3S/c1-9(22)19-13-8-14(24-2)10(7-11(13)18)16(23)21-17-20-12-5-3-4-6-15(12)25-17/h7-8H,3-6H2,1-2H3,(H,19,22)(H,20,21,23). The third-order valence-corrected chi connectivity index (χ3v) is 5.30. The van der Waals surface area contributed by atoms with Crippen molar-refractivity contribution in [2.75, 3.05) is 17.7 Å². The Balaban J connectivity index is 1.84. The minimum atomic E-state index is -0.348. The van der Waals surface area contributed by atoms with Gasteiger partial charge in [-0.3, -0.25) is 14.9 Å². The highest BCUT2D eigenvalue weighted by molar-refractivity contribution is 7.15. The highest BCUT2D eigenvalue weighted by atomic mass is 35.5.